The lowest BCUT2D eigenvalue weighted by atomic mass is 10.2. The minimum atomic E-state index is -0.251. The Hall–Kier alpha value is -3.93. The third kappa shape index (κ3) is 4.72. The van der Waals surface area contributed by atoms with Gasteiger partial charge in [-0.1, -0.05) is 54.6 Å². The highest BCUT2D eigenvalue weighted by Crippen LogP contribution is 2.14. The van der Waals surface area contributed by atoms with E-state index in [-0.39, 0.29) is 18.0 Å². The molecule has 0 bridgehead atoms. The molecule has 1 N–H and O–H groups in total. The van der Waals surface area contributed by atoms with E-state index in [1.54, 1.807) is 18.2 Å². The number of carbonyl (C=O) groups excluding carboxylic acids is 1. The molecule has 3 aromatic carbocycles. The van der Waals surface area contributed by atoms with Crippen LogP contribution in [-0.4, -0.2) is 15.5 Å². The van der Waals surface area contributed by atoms with Gasteiger partial charge in [0, 0.05) is 6.54 Å². The van der Waals surface area contributed by atoms with Crippen LogP contribution >= 0.6 is 0 Å². The van der Waals surface area contributed by atoms with Gasteiger partial charge in [0.15, 0.2) is 0 Å². The van der Waals surface area contributed by atoms with E-state index in [1.807, 2.05) is 60.7 Å². The number of para-hydroxylation sites is 1. The molecule has 0 unspecified atom stereocenters. The number of fused-ring (bicyclic) bond motifs is 1. The van der Waals surface area contributed by atoms with Gasteiger partial charge in [0.2, 0.25) is 5.91 Å². The number of rotatable bonds is 7. The van der Waals surface area contributed by atoms with E-state index in [4.69, 9.17) is 4.74 Å². The third-order valence-electron chi connectivity index (χ3n) is 4.71. The normalized spacial score (nSPS) is 10.7. The first-order valence-corrected chi connectivity index (χ1v) is 9.65. The zero-order chi connectivity index (χ0) is 20.8. The Bertz CT molecular complexity index is 1200. The Morgan fingerprint density at radius 1 is 0.900 bits per heavy atom. The van der Waals surface area contributed by atoms with Crippen LogP contribution in [0.15, 0.2) is 90.0 Å². The maximum atomic E-state index is 12.5. The van der Waals surface area contributed by atoms with Crippen LogP contribution < -0.4 is 15.6 Å². The molecule has 4 rings (SSSR count). The first-order valence-electron chi connectivity index (χ1n) is 9.65. The van der Waals surface area contributed by atoms with E-state index in [0.29, 0.717) is 24.1 Å². The van der Waals surface area contributed by atoms with Crippen LogP contribution in [0.3, 0.4) is 0 Å². The maximum Gasteiger partial charge on any atom is 0.261 e. The van der Waals surface area contributed by atoms with Gasteiger partial charge in [0.05, 0.1) is 17.2 Å². The summed E-state index contributed by atoms with van der Waals surface area (Å²) in [7, 11) is 0. The van der Waals surface area contributed by atoms with Crippen molar-refractivity contribution in [3.63, 3.8) is 0 Å². The van der Waals surface area contributed by atoms with Crippen LogP contribution in [0.4, 0.5) is 0 Å². The average molecular weight is 399 g/mol. The summed E-state index contributed by atoms with van der Waals surface area (Å²) in [6.07, 6.45) is 1.41. The van der Waals surface area contributed by atoms with Crippen molar-refractivity contribution in [3.05, 3.63) is 107 Å². The molecule has 0 spiro atoms. The van der Waals surface area contributed by atoms with Crippen LogP contribution in [0.2, 0.25) is 0 Å². The van der Waals surface area contributed by atoms with Gasteiger partial charge in [-0.3, -0.25) is 14.2 Å². The van der Waals surface area contributed by atoms with E-state index in [1.165, 1.54) is 10.9 Å². The smallest absolute Gasteiger partial charge is 0.261 e. The molecule has 6 nitrogen and oxygen atoms in total. The summed E-state index contributed by atoms with van der Waals surface area (Å²) in [4.78, 5) is 29.0. The maximum absolute atomic E-state index is 12.5. The van der Waals surface area contributed by atoms with Crippen molar-refractivity contribution in [2.45, 2.75) is 19.7 Å². The van der Waals surface area contributed by atoms with Crippen molar-refractivity contribution in [3.8, 4) is 5.75 Å². The molecule has 6 heteroatoms. The van der Waals surface area contributed by atoms with Crippen molar-refractivity contribution < 1.29 is 9.53 Å². The second kappa shape index (κ2) is 9.05. The first-order chi connectivity index (χ1) is 14.7. The van der Waals surface area contributed by atoms with Crippen LogP contribution in [0, 0.1) is 0 Å². The largest absolute Gasteiger partial charge is 0.489 e. The molecule has 4 aromatic rings. The van der Waals surface area contributed by atoms with E-state index < -0.39 is 0 Å². The van der Waals surface area contributed by atoms with Crippen molar-refractivity contribution in [1.29, 1.82) is 0 Å². The van der Waals surface area contributed by atoms with Gasteiger partial charge in [-0.25, -0.2) is 4.98 Å². The topological polar surface area (TPSA) is 73.2 Å². The van der Waals surface area contributed by atoms with E-state index in [9.17, 15) is 9.59 Å². The predicted octanol–water partition coefficient (Wildman–Crippen LogP) is 3.29. The number of nitrogens with one attached hydrogen (secondary N) is 1. The van der Waals surface area contributed by atoms with E-state index in [0.717, 1.165) is 16.9 Å². The molecule has 0 saturated heterocycles. The Morgan fingerprint density at radius 3 is 2.43 bits per heavy atom. The quantitative estimate of drug-likeness (QED) is 0.518. The molecule has 0 aliphatic rings. The summed E-state index contributed by atoms with van der Waals surface area (Å²) in [5.74, 6) is 0.515. The summed E-state index contributed by atoms with van der Waals surface area (Å²) in [6.45, 7) is 0.800. The van der Waals surface area contributed by atoms with Crippen molar-refractivity contribution in [2.24, 2.45) is 0 Å². The minimum Gasteiger partial charge on any atom is -0.489 e. The molecule has 0 fully saturated rings. The Morgan fingerprint density at radius 2 is 1.63 bits per heavy atom. The Balaban J connectivity index is 1.31. The van der Waals surface area contributed by atoms with Gasteiger partial charge in [-0.05, 0) is 35.4 Å². The molecular weight excluding hydrogens is 378 g/mol. The lowest BCUT2D eigenvalue weighted by Crippen LogP contribution is -2.32. The number of aromatic nitrogens is 2. The summed E-state index contributed by atoms with van der Waals surface area (Å²) in [5.41, 5.74) is 2.44. The fourth-order valence-electron chi connectivity index (χ4n) is 3.07. The molecule has 1 amide bonds. The van der Waals surface area contributed by atoms with Crippen LogP contribution in [0.5, 0.6) is 5.75 Å². The van der Waals surface area contributed by atoms with Crippen LogP contribution in [0.1, 0.15) is 11.1 Å². The number of hydrogen-bond donors (Lipinski definition) is 1. The summed E-state index contributed by atoms with van der Waals surface area (Å²) < 4.78 is 7.09. The molecule has 150 valence electrons. The molecule has 0 aliphatic heterocycles. The highest BCUT2D eigenvalue weighted by atomic mass is 16.5. The van der Waals surface area contributed by atoms with Gasteiger partial charge in [-0.2, -0.15) is 0 Å². The number of nitrogens with zero attached hydrogens (tertiary/aromatic N) is 2. The van der Waals surface area contributed by atoms with E-state index >= 15 is 0 Å². The lowest BCUT2D eigenvalue weighted by molar-refractivity contribution is -0.121. The van der Waals surface area contributed by atoms with Gasteiger partial charge in [0.1, 0.15) is 18.9 Å². The highest BCUT2D eigenvalue weighted by molar-refractivity contribution is 5.78. The minimum absolute atomic E-state index is 0.0745. The summed E-state index contributed by atoms with van der Waals surface area (Å²) in [6, 6.07) is 24.6. The molecule has 1 heterocycles. The number of amides is 1. The Labute approximate surface area is 173 Å². The monoisotopic (exact) mass is 399 g/mol. The first kappa shape index (κ1) is 19.4. The second-order valence-electron chi connectivity index (χ2n) is 6.89. The molecule has 0 saturated carbocycles. The predicted molar refractivity (Wildman–Crippen MR) is 115 cm³/mol. The van der Waals surface area contributed by atoms with Gasteiger partial charge < -0.3 is 10.1 Å². The van der Waals surface area contributed by atoms with Crippen LogP contribution in [-0.2, 0) is 24.5 Å². The molecule has 0 atom stereocenters. The van der Waals surface area contributed by atoms with Gasteiger partial charge in [-0.15, -0.1) is 0 Å². The number of benzene rings is 3. The fourth-order valence-corrected chi connectivity index (χ4v) is 3.07. The SMILES string of the molecule is O=C(Cn1cnc2ccccc2c1=O)NCc1ccc(OCc2ccccc2)cc1. The molecule has 1 aromatic heterocycles. The van der Waals surface area contributed by atoms with Crippen molar-refractivity contribution in [2.75, 3.05) is 0 Å². The van der Waals surface area contributed by atoms with Gasteiger partial charge in [0.25, 0.3) is 5.56 Å². The van der Waals surface area contributed by atoms with Crippen LogP contribution in [0.25, 0.3) is 10.9 Å². The zero-order valence-corrected chi connectivity index (χ0v) is 16.3. The van der Waals surface area contributed by atoms with E-state index in [2.05, 4.69) is 10.3 Å². The molecule has 0 radical (unpaired) electrons. The lowest BCUT2D eigenvalue weighted by Gasteiger charge is -2.09. The fraction of sp³-hybridized carbons (Fsp3) is 0.125. The average Bonchev–Trinajstić information content (AvgIpc) is 2.80. The summed E-state index contributed by atoms with van der Waals surface area (Å²) >= 11 is 0. The molecule has 0 aliphatic carbocycles. The third-order valence-corrected chi connectivity index (χ3v) is 4.71. The number of carbonyl (C=O) groups is 1. The zero-order valence-electron chi connectivity index (χ0n) is 16.3. The summed E-state index contributed by atoms with van der Waals surface area (Å²) in [5, 5.41) is 3.33. The Kier molecular flexibility index (Phi) is 5.85. The molecule has 30 heavy (non-hydrogen) atoms. The number of hydrogen-bond acceptors (Lipinski definition) is 4. The van der Waals surface area contributed by atoms with Crippen molar-refractivity contribution >= 4 is 16.8 Å². The standard InChI is InChI=1S/C24H21N3O3/c28-23(15-27-17-26-22-9-5-4-8-21(22)24(27)29)25-14-18-10-12-20(13-11-18)30-16-19-6-2-1-3-7-19/h1-13,17H,14-16H2,(H,25,28). The second-order valence-corrected chi connectivity index (χ2v) is 6.89. The number of ether oxygens (including phenoxy) is 1. The van der Waals surface area contributed by atoms with Crippen molar-refractivity contribution in [1.82, 2.24) is 14.9 Å². The van der Waals surface area contributed by atoms with Gasteiger partial charge >= 0.3 is 0 Å². The highest BCUT2D eigenvalue weighted by Gasteiger charge is 2.08. The molecular formula is C24H21N3O3.